The molecule has 0 N–H and O–H groups in total. The smallest absolute Gasteiger partial charge is 0.189 e. The van der Waals surface area contributed by atoms with E-state index in [4.69, 9.17) is 14.2 Å². The van der Waals surface area contributed by atoms with Gasteiger partial charge < -0.3 is 14.2 Å². The third kappa shape index (κ3) is 7.83. The first-order valence-corrected chi connectivity index (χ1v) is 18.4. The summed E-state index contributed by atoms with van der Waals surface area (Å²) in [5, 5.41) is 2.17. The molecule has 41 heavy (non-hydrogen) atoms. The fourth-order valence-corrected chi connectivity index (χ4v) is 6.36. The first-order chi connectivity index (χ1) is 19.8. The fourth-order valence-electron chi connectivity index (χ4n) is 5.60. The summed E-state index contributed by atoms with van der Waals surface area (Å²) in [5.41, 5.74) is 2.72. The lowest BCUT2D eigenvalue weighted by atomic mass is 9.85. The molecular formula is C35H42FNO3Si. The Bertz CT molecular complexity index is 1410. The van der Waals surface area contributed by atoms with E-state index in [2.05, 4.69) is 73.1 Å². The molecule has 4 nitrogen and oxygen atoms in total. The number of ether oxygens (including phenoxy) is 3. The van der Waals surface area contributed by atoms with Crippen LogP contribution < -0.4 is 4.74 Å². The predicted molar refractivity (Wildman–Crippen MR) is 167 cm³/mol. The molecule has 1 atom stereocenters. The third-order valence-corrected chi connectivity index (χ3v) is 9.61. The molecule has 6 heteroatoms. The van der Waals surface area contributed by atoms with Gasteiger partial charge in [0.1, 0.15) is 17.2 Å². The molecule has 1 aliphatic rings. The molecule has 5 rings (SSSR count). The Labute approximate surface area is 245 Å². The zero-order valence-corrected chi connectivity index (χ0v) is 25.6. The number of hydrogen-bond donors (Lipinski definition) is 0. The predicted octanol–water partition coefficient (Wildman–Crippen LogP) is 8.38. The monoisotopic (exact) mass is 571 g/mol. The standard InChI is InChI=1S/C35H42FNO3Si/c1-41(2,3)23-22-38-27-39-34-30(15-14-29-12-7-8-13-33(29)34)25-40-35(31-16-18-32(36)19-17-31)20-9-21-37(26-35)24-28-10-5-4-6-11-28/h4-8,10-19H,9,20-27H2,1-3H3. The van der Waals surface area contributed by atoms with Gasteiger partial charge in [0, 0.05) is 38.7 Å². The summed E-state index contributed by atoms with van der Waals surface area (Å²) in [6.45, 7) is 10.9. The average Bonchev–Trinajstić information content (AvgIpc) is 2.97. The second-order valence-electron chi connectivity index (χ2n) is 12.3. The summed E-state index contributed by atoms with van der Waals surface area (Å²) in [6.07, 6.45) is 1.86. The van der Waals surface area contributed by atoms with Crippen LogP contribution in [0, 0.1) is 5.82 Å². The maximum absolute atomic E-state index is 14.0. The Morgan fingerprint density at radius 3 is 2.41 bits per heavy atom. The third-order valence-electron chi connectivity index (χ3n) is 7.90. The largest absolute Gasteiger partial charge is 0.467 e. The molecule has 1 aliphatic heterocycles. The minimum absolute atomic E-state index is 0.208. The molecule has 1 saturated heterocycles. The second kappa shape index (κ2) is 13.3. The lowest BCUT2D eigenvalue weighted by Gasteiger charge is -2.43. The van der Waals surface area contributed by atoms with Gasteiger partial charge in [0.2, 0.25) is 0 Å². The number of hydrogen-bond acceptors (Lipinski definition) is 4. The SMILES string of the molecule is C[Si](C)(C)CCOCOc1c(COC2(c3ccc(F)cc3)CCCN(Cc3ccccc3)C2)ccc2ccccc12. The van der Waals surface area contributed by atoms with Crippen LogP contribution in [0.15, 0.2) is 91.0 Å². The van der Waals surface area contributed by atoms with Crippen molar-refractivity contribution in [1.82, 2.24) is 4.90 Å². The van der Waals surface area contributed by atoms with Gasteiger partial charge in [0.05, 0.1) is 6.61 Å². The number of piperidine rings is 1. The molecule has 216 valence electrons. The molecule has 0 radical (unpaired) electrons. The van der Waals surface area contributed by atoms with Crippen LogP contribution in [0.4, 0.5) is 4.39 Å². The van der Waals surface area contributed by atoms with Crippen molar-refractivity contribution in [3.05, 3.63) is 114 Å². The maximum atomic E-state index is 14.0. The van der Waals surface area contributed by atoms with Gasteiger partial charge in [-0.25, -0.2) is 4.39 Å². The molecule has 0 aromatic heterocycles. The minimum Gasteiger partial charge on any atom is -0.467 e. The Hall–Kier alpha value is -3.03. The van der Waals surface area contributed by atoms with Crippen LogP contribution in [0.1, 0.15) is 29.5 Å². The lowest BCUT2D eigenvalue weighted by Crippen LogP contribution is -2.47. The summed E-state index contributed by atoms with van der Waals surface area (Å²) in [6, 6.07) is 31.0. The number of fused-ring (bicyclic) bond motifs is 1. The van der Waals surface area contributed by atoms with Crippen molar-refractivity contribution in [2.75, 3.05) is 26.5 Å². The first kappa shape index (κ1) is 29.5. The van der Waals surface area contributed by atoms with Crippen molar-refractivity contribution >= 4 is 18.8 Å². The number of halogens is 1. The number of rotatable bonds is 12. The zero-order chi connectivity index (χ0) is 28.7. The Morgan fingerprint density at radius 1 is 0.878 bits per heavy atom. The molecule has 1 fully saturated rings. The second-order valence-corrected chi connectivity index (χ2v) is 18.0. The normalized spacial score (nSPS) is 18.0. The van der Waals surface area contributed by atoms with Gasteiger partial charge in [-0.15, -0.1) is 0 Å². The molecule has 4 aromatic carbocycles. The fraction of sp³-hybridized carbons (Fsp3) is 0.371. The Balaban J connectivity index is 1.38. The zero-order valence-electron chi connectivity index (χ0n) is 24.6. The van der Waals surface area contributed by atoms with Crippen molar-refractivity contribution in [2.45, 2.75) is 57.3 Å². The summed E-state index contributed by atoms with van der Waals surface area (Å²) in [4.78, 5) is 2.45. The van der Waals surface area contributed by atoms with Crippen LogP contribution in [0.2, 0.25) is 25.7 Å². The van der Waals surface area contributed by atoms with Crippen LogP contribution in [-0.2, 0) is 28.2 Å². The van der Waals surface area contributed by atoms with Gasteiger partial charge in [-0.3, -0.25) is 4.90 Å². The highest BCUT2D eigenvalue weighted by Crippen LogP contribution is 2.39. The summed E-state index contributed by atoms with van der Waals surface area (Å²) in [5.74, 6) is 0.572. The van der Waals surface area contributed by atoms with E-state index in [0.717, 1.165) is 66.2 Å². The van der Waals surface area contributed by atoms with E-state index in [1.54, 1.807) is 12.1 Å². The van der Waals surface area contributed by atoms with Gasteiger partial charge in [0.15, 0.2) is 6.79 Å². The van der Waals surface area contributed by atoms with Crippen LogP contribution in [0.5, 0.6) is 5.75 Å². The van der Waals surface area contributed by atoms with Crippen molar-refractivity contribution in [3.8, 4) is 5.75 Å². The first-order valence-electron chi connectivity index (χ1n) is 14.7. The number of nitrogens with zero attached hydrogens (tertiary/aromatic N) is 1. The highest BCUT2D eigenvalue weighted by Gasteiger charge is 2.38. The highest BCUT2D eigenvalue weighted by atomic mass is 28.3. The lowest BCUT2D eigenvalue weighted by molar-refractivity contribution is -0.108. The van der Waals surface area contributed by atoms with Crippen molar-refractivity contribution in [2.24, 2.45) is 0 Å². The van der Waals surface area contributed by atoms with Crippen molar-refractivity contribution in [1.29, 1.82) is 0 Å². The molecule has 0 bridgehead atoms. The molecule has 4 aromatic rings. The Morgan fingerprint density at radius 2 is 1.63 bits per heavy atom. The minimum atomic E-state index is -1.18. The number of likely N-dealkylation sites (tertiary alicyclic amines) is 1. The van der Waals surface area contributed by atoms with E-state index >= 15 is 0 Å². The molecule has 1 unspecified atom stereocenters. The van der Waals surface area contributed by atoms with Crippen LogP contribution in [0.25, 0.3) is 10.8 Å². The topological polar surface area (TPSA) is 30.9 Å². The summed E-state index contributed by atoms with van der Waals surface area (Å²) in [7, 11) is -1.18. The van der Waals surface area contributed by atoms with E-state index in [1.165, 1.54) is 5.56 Å². The summed E-state index contributed by atoms with van der Waals surface area (Å²) >= 11 is 0. The van der Waals surface area contributed by atoms with Crippen LogP contribution >= 0.6 is 0 Å². The maximum Gasteiger partial charge on any atom is 0.189 e. The van der Waals surface area contributed by atoms with Crippen molar-refractivity contribution < 1.29 is 18.6 Å². The summed E-state index contributed by atoms with van der Waals surface area (Å²) < 4.78 is 33.1. The molecule has 0 saturated carbocycles. The van der Waals surface area contributed by atoms with Crippen LogP contribution in [0.3, 0.4) is 0 Å². The van der Waals surface area contributed by atoms with Gasteiger partial charge in [-0.1, -0.05) is 98.5 Å². The quantitative estimate of drug-likeness (QED) is 0.0971. The number of benzene rings is 4. The molecule has 0 aliphatic carbocycles. The van der Waals surface area contributed by atoms with Gasteiger partial charge in [-0.05, 0) is 54.1 Å². The molecule has 1 heterocycles. The van der Waals surface area contributed by atoms with E-state index < -0.39 is 13.7 Å². The molecule has 0 spiro atoms. The van der Waals surface area contributed by atoms with Gasteiger partial charge in [-0.2, -0.15) is 0 Å². The van der Waals surface area contributed by atoms with Crippen molar-refractivity contribution in [3.63, 3.8) is 0 Å². The molecular weight excluding hydrogens is 529 g/mol. The van der Waals surface area contributed by atoms with E-state index in [1.807, 2.05) is 30.3 Å². The van der Waals surface area contributed by atoms with Crippen LogP contribution in [-0.4, -0.2) is 39.5 Å². The van der Waals surface area contributed by atoms with E-state index in [0.29, 0.717) is 13.2 Å². The van der Waals surface area contributed by atoms with Gasteiger partial charge in [0.25, 0.3) is 0 Å². The van der Waals surface area contributed by atoms with Gasteiger partial charge >= 0.3 is 0 Å². The highest BCUT2D eigenvalue weighted by molar-refractivity contribution is 6.76. The van der Waals surface area contributed by atoms with E-state index in [-0.39, 0.29) is 12.6 Å². The van der Waals surface area contributed by atoms with E-state index in [9.17, 15) is 4.39 Å². The molecule has 0 amide bonds. The Kier molecular flexibility index (Phi) is 9.55. The average molecular weight is 572 g/mol.